The summed E-state index contributed by atoms with van der Waals surface area (Å²) < 4.78 is 0. The Morgan fingerprint density at radius 1 is 0.460 bits per heavy atom. The maximum atomic E-state index is 2.60. The SMILES string of the molecule is CC(C)(C)c1cc2cc(C(C)(C)C)cc3c2c(c1)c1c(-c2ccccc2)c2c4c(c5ccccc5c4c31)=CC(c1ccc3ccccc3c1)C2. The molecule has 50 heavy (non-hydrogen) atoms. The molecule has 0 radical (unpaired) electrons. The Bertz CT molecular complexity index is 2880. The Labute approximate surface area is 294 Å². The number of fused-ring (bicyclic) bond motifs is 8. The van der Waals surface area contributed by atoms with Gasteiger partial charge in [0, 0.05) is 5.92 Å². The van der Waals surface area contributed by atoms with Crippen LogP contribution >= 0.6 is 0 Å². The summed E-state index contributed by atoms with van der Waals surface area (Å²) in [7, 11) is 0. The van der Waals surface area contributed by atoms with Gasteiger partial charge >= 0.3 is 0 Å². The van der Waals surface area contributed by atoms with E-state index in [1.807, 2.05) is 0 Å². The summed E-state index contributed by atoms with van der Waals surface area (Å²) in [6.45, 7) is 14.1. The Morgan fingerprint density at radius 3 is 1.76 bits per heavy atom. The minimum absolute atomic E-state index is 0.0208. The molecule has 1 unspecified atom stereocenters. The van der Waals surface area contributed by atoms with E-state index in [1.165, 1.54) is 103 Å². The highest BCUT2D eigenvalue weighted by Crippen LogP contribution is 2.53. The molecule has 0 saturated carbocycles. The molecule has 9 aromatic carbocycles. The average Bonchev–Trinajstić information content (AvgIpc) is 3.62. The molecule has 0 saturated heterocycles. The predicted octanol–water partition coefficient (Wildman–Crippen LogP) is 13.1. The van der Waals surface area contributed by atoms with Gasteiger partial charge in [0.2, 0.25) is 0 Å². The van der Waals surface area contributed by atoms with Crippen LogP contribution in [0.4, 0.5) is 0 Å². The summed E-state index contributed by atoms with van der Waals surface area (Å²) in [6.07, 6.45) is 3.57. The van der Waals surface area contributed by atoms with Crippen molar-refractivity contribution in [2.24, 2.45) is 0 Å². The molecule has 0 aromatic heterocycles. The van der Waals surface area contributed by atoms with Crippen LogP contribution in [0.3, 0.4) is 0 Å². The van der Waals surface area contributed by atoms with Crippen LogP contribution in [0, 0.1) is 0 Å². The Balaban J connectivity index is 1.46. The lowest BCUT2D eigenvalue weighted by molar-refractivity contribution is 0.590. The molecule has 0 spiro atoms. The minimum atomic E-state index is 0.0208. The van der Waals surface area contributed by atoms with Crippen molar-refractivity contribution in [2.75, 3.05) is 0 Å². The number of benzene rings is 7. The van der Waals surface area contributed by atoms with Crippen molar-refractivity contribution < 1.29 is 0 Å². The second kappa shape index (κ2) is 10.2. The lowest BCUT2D eigenvalue weighted by Crippen LogP contribution is -2.15. The molecule has 1 aliphatic carbocycles. The van der Waals surface area contributed by atoms with Gasteiger partial charge in [-0.05, 0) is 133 Å². The summed E-state index contributed by atoms with van der Waals surface area (Å²) in [6, 6.07) is 46.4. The molecule has 1 aliphatic rings. The third-order valence-electron chi connectivity index (χ3n) is 11.7. The van der Waals surface area contributed by atoms with Crippen molar-refractivity contribution in [3.63, 3.8) is 0 Å². The lowest BCUT2D eigenvalue weighted by atomic mass is 9.79. The highest BCUT2D eigenvalue weighted by atomic mass is 14.3. The first-order chi connectivity index (χ1) is 24.1. The molecule has 0 N–H and O–H groups in total. The molecule has 0 heterocycles. The van der Waals surface area contributed by atoms with E-state index in [2.05, 4.69) is 169 Å². The van der Waals surface area contributed by atoms with Crippen molar-refractivity contribution in [3.8, 4) is 11.1 Å². The van der Waals surface area contributed by atoms with Gasteiger partial charge in [0.25, 0.3) is 0 Å². The molecule has 0 amide bonds. The second-order valence-corrected chi connectivity index (χ2v) is 16.9. The molecular formula is C50H42. The van der Waals surface area contributed by atoms with Gasteiger partial charge in [-0.1, -0.05) is 157 Å². The van der Waals surface area contributed by atoms with E-state index in [0.717, 1.165) is 6.42 Å². The van der Waals surface area contributed by atoms with Gasteiger partial charge in [-0.15, -0.1) is 0 Å². The van der Waals surface area contributed by atoms with Crippen molar-refractivity contribution >= 4 is 70.7 Å². The van der Waals surface area contributed by atoms with Crippen molar-refractivity contribution in [2.45, 2.75) is 64.7 Å². The standard InChI is InChI=1S/C50H42/c1-49(2,3)35-23-34-24-36(50(4,5)6)28-42-43(34)41(27-35)47-44(30-15-8-7-9-16-30)40-26-33(32-21-20-29-14-10-11-17-31(29)22-32)25-39-37-18-12-13-19-38(37)46(45(39)40)48(42)47/h7-25,27-28,33H,26H2,1-6H3. The average molecular weight is 643 g/mol. The van der Waals surface area contributed by atoms with E-state index < -0.39 is 0 Å². The van der Waals surface area contributed by atoms with Crippen LogP contribution in [0.15, 0.2) is 121 Å². The van der Waals surface area contributed by atoms with Crippen molar-refractivity contribution in [3.05, 3.63) is 149 Å². The fourth-order valence-corrected chi connectivity index (χ4v) is 9.19. The van der Waals surface area contributed by atoms with Crippen LogP contribution in [0.2, 0.25) is 0 Å². The monoisotopic (exact) mass is 642 g/mol. The minimum Gasteiger partial charge on any atom is -0.0681 e. The number of hydrogen-bond donors (Lipinski definition) is 0. The maximum absolute atomic E-state index is 2.60. The van der Waals surface area contributed by atoms with E-state index in [9.17, 15) is 0 Å². The summed E-state index contributed by atoms with van der Waals surface area (Å²) in [5.41, 5.74) is 8.46. The molecule has 242 valence electrons. The second-order valence-electron chi connectivity index (χ2n) is 16.9. The third kappa shape index (κ3) is 4.18. The quantitative estimate of drug-likeness (QED) is 0.176. The Hall–Kier alpha value is -5.20. The third-order valence-corrected chi connectivity index (χ3v) is 11.7. The van der Waals surface area contributed by atoms with Gasteiger partial charge in [-0.3, -0.25) is 0 Å². The van der Waals surface area contributed by atoms with Crippen LogP contribution in [-0.4, -0.2) is 0 Å². The number of hydrogen-bond acceptors (Lipinski definition) is 0. The van der Waals surface area contributed by atoms with E-state index in [-0.39, 0.29) is 16.7 Å². The number of rotatable bonds is 2. The maximum Gasteiger partial charge on any atom is 0.00684 e. The molecule has 0 fully saturated rings. The first kappa shape index (κ1) is 29.7. The zero-order chi connectivity index (χ0) is 34.1. The lowest BCUT2D eigenvalue weighted by Gasteiger charge is -2.24. The first-order valence-corrected chi connectivity index (χ1v) is 18.3. The molecule has 1 atom stereocenters. The molecular weight excluding hydrogens is 601 g/mol. The molecule has 0 heteroatoms. The molecule has 10 rings (SSSR count). The van der Waals surface area contributed by atoms with Crippen LogP contribution in [0.1, 0.15) is 69.7 Å². The zero-order valence-electron chi connectivity index (χ0n) is 29.9. The summed E-state index contributed by atoms with van der Waals surface area (Å²) >= 11 is 0. The molecule has 0 aliphatic heterocycles. The Kier molecular flexibility index (Phi) is 6.04. The van der Waals surface area contributed by atoms with Gasteiger partial charge in [0.15, 0.2) is 0 Å². The first-order valence-electron chi connectivity index (χ1n) is 18.3. The normalized spacial score (nSPS) is 15.3. The van der Waals surface area contributed by atoms with E-state index >= 15 is 0 Å². The summed E-state index contributed by atoms with van der Waals surface area (Å²) in [5.74, 6) is 0.277. The highest BCUT2D eigenvalue weighted by Gasteiger charge is 2.31. The van der Waals surface area contributed by atoms with Crippen LogP contribution in [-0.2, 0) is 17.3 Å². The van der Waals surface area contributed by atoms with Gasteiger partial charge in [0.1, 0.15) is 0 Å². The van der Waals surface area contributed by atoms with Gasteiger partial charge in [0.05, 0.1) is 0 Å². The van der Waals surface area contributed by atoms with Crippen LogP contribution in [0.5, 0.6) is 0 Å². The van der Waals surface area contributed by atoms with Crippen molar-refractivity contribution in [1.82, 2.24) is 0 Å². The summed E-state index contributed by atoms with van der Waals surface area (Å²) in [4.78, 5) is 0. The Morgan fingerprint density at radius 2 is 1.06 bits per heavy atom. The van der Waals surface area contributed by atoms with Gasteiger partial charge in [-0.25, -0.2) is 0 Å². The topological polar surface area (TPSA) is 0 Å². The molecule has 9 aromatic rings. The van der Waals surface area contributed by atoms with Crippen molar-refractivity contribution in [1.29, 1.82) is 0 Å². The summed E-state index contributed by atoms with van der Waals surface area (Å²) in [5, 5.41) is 18.1. The van der Waals surface area contributed by atoms with Gasteiger partial charge in [-0.2, -0.15) is 0 Å². The fourth-order valence-electron chi connectivity index (χ4n) is 9.19. The smallest absolute Gasteiger partial charge is 0.00684 e. The zero-order valence-corrected chi connectivity index (χ0v) is 29.9. The highest BCUT2D eigenvalue weighted by molar-refractivity contribution is 6.42. The van der Waals surface area contributed by atoms with Crippen LogP contribution < -0.4 is 5.22 Å². The molecule has 0 bridgehead atoms. The fraction of sp³-hybridized carbons (Fsp3) is 0.200. The van der Waals surface area contributed by atoms with Crippen LogP contribution in [0.25, 0.3) is 81.8 Å². The predicted molar refractivity (Wildman–Crippen MR) is 218 cm³/mol. The molecule has 0 nitrogen and oxygen atoms in total. The van der Waals surface area contributed by atoms with E-state index in [4.69, 9.17) is 0 Å². The largest absolute Gasteiger partial charge is 0.0681 e. The van der Waals surface area contributed by atoms with E-state index in [0.29, 0.717) is 0 Å². The van der Waals surface area contributed by atoms with E-state index in [1.54, 1.807) is 0 Å². The van der Waals surface area contributed by atoms with Gasteiger partial charge < -0.3 is 0 Å².